The van der Waals surface area contributed by atoms with Gasteiger partial charge < -0.3 is 4.90 Å². The topological polar surface area (TPSA) is 20.3 Å². The van der Waals surface area contributed by atoms with E-state index in [-0.39, 0.29) is 0 Å². The van der Waals surface area contributed by atoms with E-state index in [1.165, 1.54) is 12.8 Å². The van der Waals surface area contributed by atoms with Crippen LogP contribution >= 0.6 is 0 Å². The molecule has 0 aromatic rings. The summed E-state index contributed by atoms with van der Waals surface area (Å²) in [5, 5.41) is 0. The average Bonchev–Trinajstić information content (AvgIpc) is 2.76. The van der Waals surface area contributed by atoms with Crippen LogP contribution in [-0.4, -0.2) is 23.4 Å². The lowest BCUT2D eigenvalue weighted by atomic mass is 9.51. The first kappa shape index (κ1) is 17.5. The van der Waals surface area contributed by atoms with E-state index < -0.39 is 0 Å². The summed E-state index contributed by atoms with van der Waals surface area (Å²) >= 11 is 0. The lowest BCUT2D eigenvalue weighted by Crippen LogP contribution is -2.42. The molecule has 1 saturated heterocycles. The molecule has 0 aromatic heterocycles. The molecule has 3 aliphatic rings. The van der Waals surface area contributed by atoms with Crippen LogP contribution in [0.25, 0.3) is 0 Å². The van der Waals surface area contributed by atoms with Crippen molar-refractivity contribution in [2.75, 3.05) is 6.54 Å². The summed E-state index contributed by atoms with van der Waals surface area (Å²) in [6.07, 6.45) is 11.0. The number of amides is 1. The molecule has 1 amide bonds. The van der Waals surface area contributed by atoms with Gasteiger partial charge in [-0.3, -0.25) is 4.79 Å². The maximum absolute atomic E-state index is 10.9. The summed E-state index contributed by atoms with van der Waals surface area (Å²) in [4.78, 5) is 12.9. The third-order valence-corrected chi connectivity index (χ3v) is 5.17. The molecule has 0 N–H and O–H groups in total. The van der Waals surface area contributed by atoms with Gasteiger partial charge in [-0.2, -0.15) is 0 Å². The van der Waals surface area contributed by atoms with Crippen LogP contribution in [-0.2, 0) is 4.79 Å². The molecular formula is C18H35NO. The number of nitrogens with zero attached hydrogens (tertiary/aromatic N) is 1. The van der Waals surface area contributed by atoms with Crippen molar-refractivity contribution in [3.63, 3.8) is 0 Å². The second kappa shape index (κ2) is 8.05. The minimum absolute atomic E-state index is 0.324. The van der Waals surface area contributed by atoms with E-state index in [4.69, 9.17) is 0 Å². The molecule has 2 nitrogen and oxygen atoms in total. The van der Waals surface area contributed by atoms with Crippen molar-refractivity contribution in [3.05, 3.63) is 0 Å². The molecule has 20 heavy (non-hydrogen) atoms. The Balaban J connectivity index is 0.000000178. The van der Waals surface area contributed by atoms with E-state index in [0.717, 1.165) is 30.7 Å². The van der Waals surface area contributed by atoms with Gasteiger partial charge >= 0.3 is 0 Å². The van der Waals surface area contributed by atoms with Gasteiger partial charge in [-0.1, -0.05) is 33.6 Å². The Hall–Kier alpha value is -0.530. The summed E-state index contributed by atoms with van der Waals surface area (Å²) in [6, 6.07) is 0.403. The fraction of sp³-hybridized carbons (Fsp3) is 0.944. The first-order valence-electron chi connectivity index (χ1n) is 8.86. The molecular weight excluding hydrogens is 246 g/mol. The number of hydrogen-bond acceptors (Lipinski definition) is 1. The molecule has 1 heterocycles. The fourth-order valence-electron chi connectivity index (χ4n) is 3.75. The first-order chi connectivity index (χ1) is 9.56. The Labute approximate surface area is 126 Å². The van der Waals surface area contributed by atoms with Gasteiger partial charge in [0.15, 0.2) is 0 Å². The van der Waals surface area contributed by atoms with Crippen LogP contribution in [0.1, 0.15) is 86.0 Å². The van der Waals surface area contributed by atoms with Crippen LogP contribution < -0.4 is 0 Å². The van der Waals surface area contributed by atoms with Crippen LogP contribution in [0.5, 0.6) is 0 Å². The Bertz CT molecular complexity index is 286. The van der Waals surface area contributed by atoms with E-state index >= 15 is 0 Å². The number of rotatable bonds is 2. The standard InChI is InChI=1S/C9H16.C7H13NO.C2H6/c1-2-8-6-9(7-8)4-3-5-9;1-6(2)8-5-3-4-7(8)9;1-2/h8H,2-7H2,1H3;6H,3-5H2,1-2H3;1-2H3. The SMILES string of the molecule is CC.CC(C)N1CCCC1=O.CCC1CC2(CCC2)C1. The van der Waals surface area contributed by atoms with Gasteiger partial charge in [0.2, 0.25) is 5.91 Å². The average molecular weight is 281 g/mol. The van der Waals surface area contributed by atoms with Gasteiger partial charge in [0, 0.05) is 19.0 Å². The Morgan fingerprint density at radius 2 is 1.80 bits per heavy atom. The zero-order chi connectivity index (χ0) is 15.2. The highest BCUT2D eigenvalue weighted by Crippen LogP contribution is 2.59. The van der Waals surface area contributed by atoms with E-state index in [9.17, 15) is 4.79 Å². The lowest BCUT2D eigenvalue weighted by Gasteiger charge is -2.54. The van der Waals surface area contributed by atoms with Crippen molar-refractivity contribution in [2.45, 2.75) is 92.0 Å². The molecule has 2 heteroatoms. The summed E-state index contributed by atoms with van der Waals surface area (Å²) in [7, 11) is 0. The number of carbonyl (C=O) groups is 1. The predicted octanol–water partition coefficient (Wildman–Crippen LogP) is 5.02. The van der Waals surface area contributed by atoms with Crippen molar-refractivity contribution >= 4 is 5.91 Å². The third-order valence-electron chi connectivity index (χ3n) is 5.17. The molecule has 0 radical (unpaired) electrons. The van der Waals surface area contributed by atoms with Crippen LogP contribution in [0.3, 0.4) is 0 Å². The van der Waals surface area contributed by atoms with Crippen molar-refractivity contribution in [2.24, 2.45) is 11.3 Å². The maximum atomic E-state index is 10.9. The number of carbonyl (C=O) groups excluding carboxylic acids is 1. The maximum Gasteiger partial charge on any atom is 0.222 e. The smallest absolute Gasteiger partial charge is 0.222 e. The highest BCUT2D eigenvalue weighted by atomic mass is 16.2. The van der Waals surface area contributed by atoms with Crippen molar-refractivity contribution in [1.29, 1.82) is 0 Å². The summed E-state index contributed by atoms with van der Waals surface area (Å²) in [6.45, 7) is 11.4. The third kappa shape index (κ3) is 4.23. The largest absolute Gasteiger partial charge is 0.340 e. The molecule has 1 aliphatic heterocycles. The quantitative estimate of drug-likeness (QED) is 0.696. The molecule has 2 aliphatic carbocycles. The van der Waals surface area contributed by atoms with E-state index in [1.807, 2.05) is 18.7 Å². The highest BCUT2D eigenvalue weighted by molar-refractivity contribution is 5.78. The van der Waals surface area contributed by atoms with Gasteiger partial charge in [-0.25, -0.2) is 0 Å². The molecule has 1 spiro atoms. The molecule has 0 aromatic carbocycles. The molecule has 0 bridgehead atoms. The molecule has 0 unspecified atom stereocenters. The predicted molar refractivity (Wildman–Crippen MR) is 86.7 cm³/mol. The highest BCUT2D eigenvalue weighted by Gasteiger charge is 2.46. The van der Waals surface area contributed by atoms with Crippen LogP contribution in [0.4, 0.5) is 0 Å². The fourth-order valence-corrected chi connectivity index (χ4v) is 3.75. The Morgan fingerprint density at radius 1 is 1.20 bits per heavy atom. The van der Waals surface area contributed by atoms with E-state index in [1.54, 1.807) is 25.7 Å². The first-order valence-corrected chi connectivity index (χ1v) is 8.86. The van der Waals surface area contributed by atoms with Gasteiger partial charge in [0.25, 0.3) is 0 Å². The number of likely N-dealkylation sites (tertiary alicyclic amines) is 1. The molecule has 2 saturated carbocycles. The minimum atomic E-state index is 0.324. The van der Waals surface area contributed by atoms with Gasteiger partial charge in [-0.15, -0.1) is 0 Å². The van der Waals surface area contributed by atoms with Crippen molar-refractivity contribution in [3.8, 4) is 0 Å². The second-order valence-corrected chi connectivity index (χ2v) is 6.82. The van der Waals surface area contributed by atoms with Gasteiger partial charge in [0.05, 0.1) is 0 Å². The zero-order valence-corrected chi connectivity index (χ0v) is 14.4. The van der Waals surface area contributed by atoms with Crippen molar-refractivity contribution < 1.29 is 4.79 Å². The Kier molecular flexibility index (Phi) is 7.05. The normalized spacial score (nSPS) is 23.5. The van der Waals surface area contributed by atoms with Crippen LogP contribution in [0.15, 0.2) is 0 Å². The summed E-state index contributed by atoms with van der Waals surface area (Å²) in [5.74, 6) is 1.44. The monoisotopic (exact) mass is 281 g/mol. The second-order valence-electron chi connectivity index (χ2n) is 6.82. The zero-order valence-electron chi connectivity index (χ0n) is 14.4. The molecule has 118 valence electrons. The minimum Gasteiger partial charge on any atom is -0.340 e. The lowest BCUT2D eigenvalue weighted by molar-refractivity contribution is -0.129. The van der Waals surface area contributed by atoms with E-state index in [0.29, 0.717) is 11.9 Å². The number of hydrogen-bond donors (Lipinski definition) is 0. The molecule has 0 atom stereocenters. The van der Waals surface area contributed by atoms with Gasteiger partial charge in [-0.05, 0) is 57.3 Å². The Morgan fingerprint density at radius 3 is 2.05 bits per heavy atom. The van der Waals surface area contributed by atoms with Crippen LogP contribution in [0, 0.1) is 11.3 Å². The summed E-state index contributed by atoms with van der Waals surface area (Å²) < 4.78 is 0. The van der Waals surface area contributed by atoms with Crippen LogP contribution in [0.2, 0.25) is 0 Å². The molecule has 3 fully saturated rings. The summed E-state index contributed by atoms with van der Waals surface area (Å²) in [5.41, 5.74) is 0.917. The van der Waals surface area contributed by atoms with E-state index in [2.05, 4.69) is 20.8 Å². The van der Waals surface area contributed by atoms with Crippen molar-refractivity contribution in [1.82, 2.24) is 4.90 Å². The van der Waals surface area contributed by atoms with Gasteiger partial charge in [0.1, 0.15) is 0 Å². The molecule has 3 rings (SSSR count).